The second kappa shape index (κ2) is 8.62. The van der Waals surface area contributed by atoms with Crippen LogP contribution in [0.2, 0.25) is 0 Å². The van der Waals surface area contributed by atoms with Crippen LogP contribution < -0.4 is 5.32 Å². The number of rotatable bonds is 9. The second-order valence-electron chi connectivity index (χ2n) is 7.72. The van der Waals surface area contributed by atoms with Crippen molar-refractivity contribution in [2.24, 2.45) is 22.1 Å². The van der Waals surface area contributed by atoms with Crippen LogP contribution in [0.3, 0.4) is 0 Å². The van der Waals surface area contributed by atoms with Crippen LogP contribution in [0.25, 0.3) is 0 Å². The van der Waals surface area contributed by atoms with Crippen molar-refractivity contribution in [3.63, 3.8) is 0 Å². The van der Waals surface area contributed by atoms with E-state index in [0.29, 0.717) is 31.2 Å². The molecule has 0 bridgehead atoms. The first-order valence-corrected chi connectivity index (χ1v) is 9.34. The van der Waals surface area contributed by atoms with E-state index in [4.69, 9.17) is 6.42 Å². The maximum atomic E-state index is 12.2. The van der Waals surface area contributed by atoms with Gasteiger partial charge in [0.1, 0.15) is 0 Å². The van der Waals surface area contributed by atoms with Gasteiger partial charge in [0.05, 0.1) is 0 Å². The van der Waals surface area contributed by atoms with Crippen LogP contribution >= 0.6 is 0 Å². The van der Waals surface area contributed by atoms with Crippen molar-refractivity contribution in [2.45, 2.75) is 71.0 Å². The highest BCUT2D eigenvalue weighted by molar-refractivity contribution is 5.76. The summed E-state index contributed by atoms with van der Waals surface area (Å²) in [5.74, 6) is 4.08. The molecule has 1 unspecified atom stereocenters. The van der Waals surface area contributed by atoms with Crippen molar-refractivity contribution in [1.82, 2.24) is 10.2 Å². The van der Waals surface area contributed by atoms with Crippen molar-refractivity contribution in [2.75, 3.05) is 19.6 Å². The lowest BCUT2D eigenvalue weighted by molar-refractivity contribution is -0.121. The smallest absolute Gasteiger partial charge is 0.220 e. The first-order chi connectivity index (χ1) is 11.5. The monoisotopic (exact) mass is 332 g/mol. The minimum Gasteiger partial charge on any atom is -0.355 e. The molecule has 0 aliphatic carbocycles. The fraction of sp³-hybridized carbons (Fsp3) is 0.842. The number of likely N-dealkylation sites (tertiary alicyclic amines) is 1. The topological polar surface area (TPSA) is 57.1 Å². The van der Waals surface area contributed by atoms with Gasteiger partial charge in [-0.2, -0.15) is 10.2 Å². The average Bonchev–Trinajstić information content (AvgIpc) is 3.33. The number of nitrogens with zero attached hydrogens (tertiary/aromatic N) is 3. The fourth-order valence-electron chi connectivity index (χ4n) is 3.44. The van der Waals surface area contributed by atoms with Crippen LogP contribution in [0.4, 0.5) is 0 Å². The zero-order chi connectivity index (χ0) is 17.6. The van der Waals surface area contributed by atoms with Gasteiger partial charge in [0.25, 0.3) is 0 Å². The normalized spacial score (nSPS) is 21.5. The van der Waals surface area contributed by atoms with E-state index in [-0.39, 0.29) is 11.6 Å². The summed E-state index contributed by atoms with van der Waals surface area (Å²) in [5, 5.41) is 11.3. The SMILES string of the molecule is C#CCCC1(CCC(=O)NCC(C(C)C)N2CCC(C)CC2)N=N1. The molecule has 1 saturated heterocycles. The number of piperidine rings is 1. The van der Waals surface area contributed by atoms with Crippen molar-refractivity contribution in [3.05, 3.63) is 0 Å². The Morgan fingerprint density at radius 3 is 2.54 bits per heavy atom. The maximum absolute atomic E-state index is 12.2. The van der Waals surface area contributed by atoms with E-state index in [2.05, 4.69) is 47.1 Å². The first-order valence-electron chi connectivity index (χ1n) is 9.34. The Labute approximate surface area is 146 Å². The maximum Gasteiger partial charge on any atom is 0.220 e. The lowest BCUT2D eigenvalue weighted by Gasteiger charge is -2.38. The number of nitrogens with one attached hydrogen (secondary N) is 1. The highest BCUT2D eigenvalue weighted by Gasteiger charge is 2.39. The van der Waals surface area contributed by atoms with E-state index < -0.39 is 0 Å². The van der Waals surface area contributed by atoms with Gasteiger partial charge in [0.15, 0.2) is 5.66 Å². The highest BCUT2D eigenvalue weighted by atomic mass is 16.1. The Hall–Kier alpha value is -1.41. The predicted octanol–water partition coefficient (Wildman–Crippen LogP) is 3.21. The van der Waals surface area contributed by atoms with E-state index >= 15 is 0 Å². The van der Waals surface area contributed by atoms with Gasteiger partial charge in [-0.15, -0.1) is 12.3 Å². The molecule has 5 heteroatoms. The summed E-state index contributed by atoms with van der Waals surface area (Å²) >= 11 is 0. The molecule has 0 aromatic carbocycles. The van der Waals surface area contributed by atoms with Gasteiger partial charge in [-0.3, -0.25) is 9.69 Å². The Morgan fingerprint density at radius 1 is 1.33 bits per heavy atom. The van der Waals surface area contributed by atoms with Crippen LogP contribution in [0.5, 0.6) is 0 Å². The fourth-order valence-corrected chi connectivity index (χ4v) is 3.44. The lowest BCUT2D eigenvalue weighted by Crippen LogP contribution is -2.49. The highest BCUT2D eigenvalue weighted by Crippen LogP contribution is 2.37. The second-order valence-corrected chi connectivity index (χ2v) is 7.72. The molecule has 1 fully saturated rings. The van der Waals surface area contributed by atoms with Gasteiger partial charge in [-0.05, 0) is 37.8 Å². The molecular weight excluding hydrogens is 300 g/mol. The Morgan fingerprint density at radius 2 is 2.00 bits per heavy atom. The summed E-state index contributed by atoms with van der Waals surface area (Å²) in [5.41, 5.74) is -0.357. The Balaban J connectivity index is 1.71. The number of hydrogen-bond acceptors (Lipinski definition) is 4. The summed E-state index contributed by atoms with van der Waals surface area (Å²) in [4.78, 5) is 14.7. The van der Waals surface area contributed by atoms with Crippen molar-refractivity contribution in [3.8, 4) is 12.3 Å². The third-order valence-corrected chi connectivity index (χ3v) is 5.37. The summed E-state index contributed by atoms with van der Waals surface area (Å²) in [6, 6.07) is 0.423. The van der Waals surface area contributed by atoms with Gasteiger partial charge in [-0.1, -0.05) is 20.8 Å². The van der Waals surface area contributed by atoms with Gasteiger partial charge >= 0.3 is 0 Å². The molecule has 5 nitrogen and oxygen atoms in total. The molecule has 1 N–H and O–H groups in total. The van der Waals surface area contributed by atoms with Gasteiger partial charge < -0.3 is 5.32 Å². The molecular formula is C19H32N4O. The van der Waals surface area contributed by atoms with Gasteiger partial charge in [0, 0.05) is 38.3 Å². The van der Waals surface area contributed by atoms with Crippen LogP contribution in [0, 0.1) is 24.2 Å². The molecule has 0 aromatic rings. The zero-order valence-electron chi connectivity index (χ0n) is 15.4. The number of carbonyl (C=O) groups is 1. The summed E-state index contributed by atoms with van der Waals surface area (Å²) in [7, 11) is 0. The van der Waals surface area contributed by atoms with Gasteiger partial charge in [0.2, 0.25) is 5.91 Å². The Bertz CT molecular complexity index is 480. The van der Waals surface area contributed by atoms with Gasteiger partial charge in [-0.25, -0.2) is 0 Å². The zero-order valence-corrected chi connectivity index (χ0v) is 15.4. The average molecular weight is 332 g/mol. The van der Waals surface area contributed by atoms with Crippen LogP contribution in [0.1, 0.15) is 59.3 Å². The minimum absolute atomic E-state index is 0.100. The molecule has 2 heterocycles. The summed E-state index contributed by atoms with van der Waals surface area (Å²) < 4.78 is 0. The Kier molecular flexibility index (Phi) is 6.79. The third kappa shape index (κ3) is 5.59. The predicted molar refractivity (Wildman–Crippen MR) is 96.5 cm³/mol. The third-order valence-electron chi connectivity index (χ3n) is 5.37. The van der Waals surface area contributed by atoms with Crippen molar-refractivity contribution >= 4 is 5.91 Å². The van der Waals surface area contributed by atoms with Crippen molar-refractivity contribution < 1.29 is 4.79 Å². The molecule has 1 atom stereocenters. The molecule has 1 amide bonds. The van der Waals surface area contributed by atoms with Crippen molar-refractivity contribution in [1.29, 1.82) is 0 Å². The van der Waals surface area contributed by atoms with E-state index in [9.17, 15) is 4.79 Å². The molecule has 0 aromatic heterocycles. The quantitative estimate of drug-likeness (QED) is 0.659. The standard InChI is InChI=1S/C19H32N4O/c1-5-6-10-19(21-22-19)11-7-18(24)20-14-17(15(2)3)23-12-8-16(4)9-13-23/h1,15-17H,6-14H2,2-4H3,(H,20,24). The van der Waals surface area contributed by atoms with Crippen LogP contribution in [-0.4, -0.2) is 42.1 Å². The van der Waals surface area contributed by atoms with E-state index in [1.54, 1.807) is 0 Å². The molecule has 0 radical (unpaired) electrons. The van der Waals surface area contributed by atoms with E-state index in [1.807, 2.05) is 0 Å². The molecule has 0 saturated carbocycles. The lowest BCUT2D eigenvalue weighted by atomic mass is 9.94. The molecule has 24 heavy (non-hydrogen) atoms. The summed E-state index contributed by atoms with van der Waals surface area (Å²) in [6.07, 6.45) is 10.4. The van der Waals surface area contributed by atoms with E-state index in [1.165, 1.54) is 12.8 Å². The number of carbonyl (C=O) groups excluding carboxylic acids is 1. The molecule has 2 aliphatic rings. The summed E-state index contributed by atoms with van der Waals surface area (Å²) in [6.45, 7) is 9.83. The largest absolute Gasteiger partial charge is 0.355 e. The first kappa shape index (κ1) is 18.9. The molecule has 2 aliphatic heterocycles. The number of hydrogen-bond donors (Lipinski definition) is 1. The molecule has 134 valence electrons. The molecule has 2 rings (SSSR count). The van der Waals surface area contributed by atoms with Crippen LogP contribution in [-0.2, 0) is 4.79 Å². The van der Waals surface area contributed by atoms with E-state index in [0.717, 1.165) is 32.0 Å². The minimum atomic E-state index is -0.357. The molecule has 0 spiro atoms. The van der Waals surface area contributed by atoms with Crippen LogP contribution in [0.15, 0.2) is 10.2 Å². The number of amides is 1. The number of terminal acetylenes is 1.